The number of rotatable bonds is 1. The third kappa shape index (κ3) is 2.40. The second kappa shape index (κ2) is 4.49. The van der Waals surface area contributed by atoms with Gasteiger partial charge in [-0.3, -0.25) is 4.58 Å². The number of allylic oxidation sites excluding steroid dienone is 2. The predicted octanol–water partition coefficient (Wildman–Crippen LogP) is 4.09. The summed E-state index contributed by atoms with van der Waals surface area (Å²) in [5.41, 5.74) is 3.98. The average molecular weight is 239 g/mol. The van der Waals surface area contributed by atoms with Crippen LogP contribution >= 0.6 is 0 Å². The summed E-state index contributed by atoms with van der Waals surface area (Å²) < 4.78 is 1.98. The second-order valence-corrected chi connectivity index (χ2v) is 5.84. The molecule has 94 valence electrons. The van der Waals surface area contributed by atoms with E-state index < -0.39 is 0 Å². The Morgan fingerprint density at radius 2 is 1.83 bits per heavy atom. The lowest BCUT2D eigenvalue weighted by Crippen LogP contribution is -2.20. The summed E-state index contributed by atoms with van der Waals surface area (Å²) in [6, 6.07) is 9.56. The van der Waals surface area contributed by atoms with Crippen molar-refractivity contribution < 1.29 is 4.58 Å². The van der Waals surface area contributed by atoms with Gasteiger partial charge in [-0.2, -0.15) is 0 Å². The zero-order valence-corrected chi connectivity index (χ0v) is 11.7. The Hall–Kier alpha value is -1.76. The Kier molecular flexibility index (Phi) is 3.16. The molecule has 0 saturated carbocycles. The molecular formula is C17H21N. The van der Waals surface area contributed by atoms with Gasteiger partial charge in [-0.15, -0.1) is 6.07 Å². The lowest BCUT2D eigenvalue weighted by molar-refractivity contribution is -0.419. The van der Waals surface area contributed by atoms with E-state index in [-0.39, 0.29) is 5.41 Å². The van der Waals surface area contributed by atoms with Crippen LogP contribution in [0.15, 0.2) is 48.2 Å². The van der Waals surface area contributed by atoms with Crippen LogP contribution in [0.4, 0.5) is 0 Å². The van der Waals surface area contributed by atoms with Crippen molar-refractivity contribution in [3.8, 4) is 0 Å². The minimum atomic E-state index is 0.156. The van der Waals surface area contributed by atoms with Crippen molar-refractivity contribution in [3.63, 3.8) is 0 Å². The Bertz CT molecular complexity index is 527. The Balaban J connectivity index is 2.33. The van der Waals surface area contributed by atoms with Crippen LogP contribution in [0.1, 0.15) is 31.9 Å². The third-order valence-corrected chi connectivity index (χ3v) is 3.31. The molecule has 1 heterocycles. The van der Waals surface area contributed by atoms with Crippen molar-refractivity contribution in [2.45, 2.75) is 27.7 Å². The molecular weight excluding hydrogens is 218 g/mol. The summed E-state index contributed by atoms with van der Waals surface area (Å²) in [6.07, 6.45) is 6.49. The largest absolute Gasteiger partial charge is 0.255 e. The van der Waals surface area contributed by atoms with E-state index in [2.05, 4.69) is 77.0 Å². The summed E-state index contributed by atoms with van der Waals surface area (Å²) in [5.74, 6) is 0. The normalized spacial score (nSPS) is 15.9. The Labute approximate surface area is 110 Å². The summed E-state index contributed by atoms with van der Waals surface area (Å²) in [7, 11) is 0. The number of benzene rings is 1. The van der Waals surface area contributed by atoms with Crippen molar-refractivity contribution in [1.82, 2.24) is 0 Å². The van der Waals surface area contributed by atoms with Gasteiger partial charge >= 0.3 is 0 Å². The van der Waals surface area contributed by atoms with Crippen LogP contribution in [-0.2, 0) is 0 Å². The molecule has 2 rings (SSSR count). The molecule has 1 nitrogen and oxygen atoms in total. The van der Waals surface area contributed by atoms with Gasteiger partial charge in [0, 0.05) is 0 Å². The Morgan fingerprint density at radius 1 is 1.17 bits per heavy atom. The molecule has 0 saturated heterocycles. The molecule has 0 amide bonds. The molecule has 1 aliphatic heterocycles. The highest BCUT2D eigenvalue weighted by Gasteiger charge is 2.22. The minimum absolute atomic E-state index is 0.156. The number of hydrogen-bond donors (Lipinski definition) is 0. The molecule has 0 aliphatic carbocycles. The zero-order valence-electron chi connectivity index (χ0n) is 11.7. The number of hydrogen-bond acceptors (Lipinski definition) is 0. The molecule has 0 radical (unpaired) electrons. The van der Waals surface area contributed by atoms with Crippen LogP contribution < -0.4 is 0 Å². The van der Waals surface area contributed by atoms with Gasteiger partial charge in [-0.1, -0.05) is 57.5 Å². The molecule has 0 aromatic heterocycles. The lowest BCUT2D eigenvalue weighted by Gasteiger charge is -2.27. The van der Waals surface area contributed by atoms with Gasteiger partial charge in [0.05, 0.1) is 6.72 Å². The summed E-state index contributed by atoms with van der Waals surface area (Å²) in [4.78, 5) is 0. The van der Waals surface area contributed by atoms with Crippen LogP contribution in [0.3, 0.4) is 0 Å². The first-order chi connectivity index (χ1) is 8.39. The van der Waals surface area contributed by atoms with Gasteiger partial charge < -0.3 is 0 Å². The van der Waals surface area contributed by atoms with Gasteiger partial charge in [-0.25, -0.2) is 0 Å². The standard InChI is InChI=1S/C17H21N/c1-13-8-6-7-9-15(13)16-11-10-14(12-18(16)5)17(2,3)4/h6-12H,5H2,1-4H3. The molecule has 18 heavy (non-hydrogen) atoms. The van der Waals surface area contributed by atoms with E-state index in [9.17, 15) is 0 Å². The van der Waals surface area contributed by atoms with Gasteiger partial charge in [0.15, 0.2) is 0 Å². The van der Waals surface area contributed by atoms with E-state index in [4.69, 9.17) is 0 Å². The predicted molar refractivity (Wildman–Crippen MR) is 77.6 cm³/mol. The molecule has 0 bridgehead atoms. The monoisotopic (exact) mass is 239 g/mol. The van der Waals surface area contributed by atoms with Crippen LogP contribution in [0.2, 0.25) is 0 Å². The van der Waals surface area contributed by atoms with Gasteiger partial charge in [0.25, 0.3) is 0 Å². The third-order valence-electron chi connectivity index (χ3n) is 3.31. The SMILES string of the molecule is C=[N+]1C=C(C(C)(C)C)C=C[C-]1c1ccccc1C. The molecule has 1 heteroatoms. The minimum Gasteiger partial charge on any atom is -0.255 e. The highest BCUT2D eigenvalue weighted by molar-refractivity contribution is 5.44. The van der Waals surface area contributed by atoms with Gasteiger partial charge in [-0.05, 0) is 22.6 Å². The fraction of sp³-hybridized carbons (Fsp3) is 0.294. The second-order valence-electron chi connectivity index (χ2n) is 5.84. The van der Waals surface area contributed by atoms with Gasteiger partial charge in [0.2, 0.25) is 0 Å². The van der Waals surface area contributed by atoms with Gasteiger partial charge in [0.1, 0.15) is 12.2 Å². The van der Waals surface area contributed by atoms with E-state index in [1.807, 2.05) is 4.58 Å². The average Bonchev–Trinajstić information content (AvgIpc) is 2.29. The van der Waals surface area contributed by atoms with Crippen molar-refractivity contribution in [2.24, 2.45) is 5.41 Å². The summed E-state index contributed by atoms with van der Waals surface area (Å²) >= 11 is 0. The van der Waals surface area contributed by atoms with Crippen molar-refractivity contribution in [3.05, 3.63) is 65.4 Å². The maximum Gasteiger partial charge on any atom is 0.147 e. The summed E-state index contributed by atoms with van der Waals surface area (Å²) in [6.45, 7) is 12.9. The number of aryl methyl sites for hydroxylation is 1. The maximum absolute atomic E-state index is 4.13. The van der Waals surface area contributed by atoms with Crippen molar-refractivity contribution >= 4 is 6.72 Å². The van der Waals surface area contributed by atoms with Crippen LogP contribution in [-0.4, -0.2) is 11.3 Å². The fourth-order valence-electron chi connectivity index (χ4n) is 2.09. The molecule has 0 fully saturated rings. The topological polar surface area (TPSA) is 3.01 Å². The first-order valence-electron chi connectivity index (χ1n) is 6.32. The molecule has 0 atom stereocenters. The smallest absolute Gasteiger partial charge is 0.147 e. The van der Waals surface area contributed by atoms with Crippen LogP contribution in [0.5, 0.6) is 0 Å². The van der Waals surface area contributed by atoms with E-state index >= 15 is 0 Å². The number of nitrogens with zero attached hydrogens (tertiary/aromatic N) is 1. The first-order valence-corrected chi connectivity index (χ1v) is 6.32. The maximum atomic E-state index is 4.13. The molecule has 1 aliphatic rings. The molecule has 0 N–H and O–H groups in total. The Morgan fingerprint density at radius 3 is 2.39 bits per heavy atom. The quantitative estimate of drug-likeness (QED) is 0.513. The van der Waals surface area contributed by atoms with E-state index in [0.29, 0.717) is 0 Å². The van der Waals surface area contributed by atoms with E-state index in [1.165, 1.54) is 16.7 Å². The molecule has 1 aromatic rings. The molecule has 1 aromatic carbocycles. The highest BCUT2D eigenvalue weighted by Crippen LogP contribution is 2.32. The lowest BCUT2D eigenvalue weighted by atomic mass is 9.84. The summed E-state index contributed by atoms with van der Waals surface area (Å²) in [5, 5.41) is 0. The first kappa shape index (κ1) is 12.7. The highest BCUT2D eigenvalue weighted by atomic mass is 15.0. The fourth-order valence-corrected chi connectivity index (χ4v) is 2.09. The van der Waals surface area contributed by atoms with Crippen LogP contribution in [0, 0.1) is 18.4 Å². The molecule has 0 spiro atoms. The zero-order chi connectivity index (χ0) is 13.3. The van der Waals surface area contributed by atoms with E-state index in [0.717, 1.165) is 6.04 Å². The van der Waals surface area contributed by atoms with Crippen molar-refractivity contribution in [1.29, 1.82) is 0 Å². The van der Waals surface area contributed by atoms with E-state index in [1.54, 1.807) is 0 Å². The molecule has 0 unspecified atom stereocenters. The van der Waals surface area contributed by atoms with Crippen LogP contribution in [0.25, 0.3) is 0 Å². The van der Waals surface area contributed by atoms with Crippen molar-refractivity contribution in [2.75, 3.05) is 0 Å².